The van der Waals surface area contributed by atoms with Gasteiger partial charge < -0.3 is 14.6 Å². The number of aliphatic hydroxyl groups excluding tert-OH is 1. The van der Waals surface area contributed by atoms with Gasteiger partial charge in [-0.3, -0.25) is 0 Å². The molecule has 1 N–H and O–H groups in total. The van der Waals surface area contributed by atoms with Crippen molar-refractivity contribution in [3.05, 3.63) is 28.8 Å². The third kappa shape index (κ3) is 4.67. The smallest absolute Gasteiger partial charge is 0.125 e. The molecule has 102 valence electrons. The summed E-state index contributed by atoms with van der Waals surface area (Å²) in [5, 5.41) is 9.75. The highest BCUT2D eigenvalue weighted by atomic mass is 16.5. The van der Waals surface area contributed by atoms with Crippen LogP contribution in [0.1, 0.15) is 30.5 Å². The second-order valence-corrected chi connectivity index (χ2v) is 5.07. The molecule has 0 saturated carbocycles. The maximum atomic E-state index is 9.75. The summed E-state index contributed by atoms with van der Waals surface area (Å²) in [7, 11) is 0. The summed E-state index contributed by atoms with van der Waals surface area (Å²) in [6.45, 7) is 10.6. The Labute approximate surface area is 110 Å². The number of rotatable bonds is 6. The fourth-order valence-corrected chi connectivity index (χ4v) is 1.93. The van der Waals surface area contributed by atoms with Gasteiger partial charge in [0.05, 0.1) is 12.7 Å². The lowest BCUT2D eigenvalue weighted by atomic mass is 10.1. The molecule has 0 aliphatic rings. The van der Waals surface area contributed by atoms with Gasteiger partial charge in [0.15, 0.2) is 0 Å². The van der Waals surface area contributed by atoms with Crippen LogP contribution in [-0.4, -0.2) is 30.5 Å². The number of ether oxygens (including phenoxy) is 2. The van der Waals surface area contributed by atoms with Crippen LogP contribution in [0.4, 0.5) is 0 Å². The van der Waals surface area contributed by atoms with Crippen LogP contribution in [0.5, 0.6) is 5.75 Å². The monoisotopic (exact) mass is 252 g/mol. The number of hydrogen-bond acceptors (Lipinski definition) is 3. The van der Waals surface area contributed by atoms with Gasteiger partial charge in [0.25, 0.3) is 0 Å². The average molecular weight is 252 g/mol. The van der Waals surface area contributed by atoms with Gasteiger partial charge in [-0.25, -0.2) is 0 Å². The van der Waals surface area contributed by atoms with Crippen molar-refractivity contribution in [1.29, 1.82) is 0 Å². The lowest BCUT2D eigenvalue weighted by Gasteiger charge is -2.17. The average Bonchev–Trinajstić information content (AvgIpc) is 2.24. The van der Waals surface area contributed by atoms with E-state index in [1.807, 2.05) is 27.7 Å². The lowest BCUT2D eigenvalue weighted by molar-refractivity contribution is -0.0124. The summed E-state index contributed by atoms with van der Waals surface area (Å²) in [4.78, 5) is 0. The molecule has 0 aliphatic carbocycles. The summed E-state index contributed by atoms with van der Waals surface area (Å²) in [5.74, 6) is 0.865. The molecule has 0 saturated heterocycles. The fourth-order valence-electron chi connectivity index (χ4n) is 1.93. The number of aliphatic hydroxyl groups is 1. The molecule has 0 amide bonds. The normalized spacial score (nSPS) is 12.8. The molecule has 1 atom stereocenters. The van der Waals surface area contributed by atoms with Gasteiger partial charge in [-0.15, -0.1) is 0 Å². The Hall–Kier alpha value is -1.06. The molecular formula is C15H24O3. The summed E-state index contributed by atoms with van der Waals surface area (Å²) in [6, 6.07) is 4.17. The first-order valence-electron chi connectivity index (χ1n) is 6.40. The third-order valence-electron chi connectivity index (χ3n) is 2.65. The minimum Gasteiger partial charge on any atom is -0.490 e. The van der Waals surface area contributed by atoms with Crippen molar-refractivity contribution in [1.82, 2.24) is 0 Å². The van der Waals surface area contributed by atoms with Crippen molar-refractivity contribution in [3.63, 3.8) is 0 Å². The van der Waals surface area contributed by atoms with E-state index in [0.29, 0.717) is 6.61 Å². The van der Waals surface area contributed by atoms with E-state index in [2.05, 4.69) is 19.1 Å². The van der Waals surface area contributed by atoms with Crippen LogP contribution in [0.25, 0.3) is 0 Å². The van der Waals surface area contributed by atoms with Crippen molar-refractivity contribution in [2.45, 2.75) is 46.8 Å². The number of benzene rings is 1. The fraction of sp³-hybridized carbons (Fsp3) is 0.600. The molecule has 18 heavy (non-hydrogen) atoms. The van der Waals surface area contributed by atoms with Gasteiger partial charge in [-0.2, -0.15) is 0 Å². The first-order chi connectivity index (χ1) is 8.40. The zero-order valence-corrected chi connectivity index (χ0v) is 12.0. The summed E-state index contributed by atoms with van der Waals surface area (Å²) >= 11 is 0. The van der Waals surface area contributed by atoms with Crippen molar-refractivity contribution in [2.24, 2.45) is 0 Å². The Morgan fingerprint density at radius 1 is 1.06 bits per heavy atom. The summed E-state index contributed by atoms with van der Waals surface area (Å²) < 4.78 is 11.0. The van der Waals surface area contributed by atoms with Gasteiger partial charge in [0.2, 0.25) is 0 Å². The lowest BCUT2D eigenvalue weighted by Crippen LogP contribution is -2.25. The van der Waals surface area contributed by atoms with Crippen LogP contribution < -0.4 is 4.74 Å². The molecule has 1 aromatic rings. The third-order valence-corrected chi connectivity index (χ3v) is 2.65. The minimum atomic E-state index is -0.590. The van der Waals surface area contributed by atoms with Gasteiger partial charge >= 0.3 is 0 Å². The topological polar surface area (TPSA) is 38.7 Å². The molecule has 0 radical (unpaired) electrons. The number of aryl methyl sites for hydroxylation is 3. The van der Waals surface area contributed by atoms with Crippen molar-refractivity contribution < 1.29 is 14.6 Å². The Bertz CT molecular complexity index is 362. The van der Waals surface area contributed by atoms with E-state index in [1.54, 1.807) is 0 Å². The SMILES string of the molecule is Cc1cc(C)c(OCC(O)COC(C)C)c(C)c1. The molecule has 0 bridgehead atoms. The van der Waals surface area contributed by atoms with E-state index in [1.165, 1.54) is 5.56 Å². The maximum Gasteiger partial charge on any atom is 0.125 e. The van der Waals surface area contributed by atoms with E-state index in [4.69, 9.17) is 9.47 Å². The first-order valence-corrected chi connectivity index (χ1v) is 6.40. The highest BCUT2D eigenvalue weighted by Gasteiger charge is 2.10. The Balaban J connectivity index is 2.53. The van der Waals surface area contributed by atoms with E-state index < -0.39 is 6.10 Å². The van der Waals surface area contributed by atoms with Crippen LogP contribution in [0, 0.1) is 20.8 Å². The highest BCUT2D eigenvalue weighted by molar-refractivity contribution is 5.42. The largest absolute Gasteiger partial charge is 0.490 e. The predicted octanol–water partition coefficient (Wildman–Crippen LogP) is 2.78. The summed E-state index contributed by atoms with van der Waals surface area (Å²) in [5.41, 5.74) is 3.43. The molecule has 0 aliphatic heterocycles. The first kappa shape index (κ1) is 15.0. The van der Waals surface area contributed by atoms with Gasteiger partial charge in [-0.05, 0) is 45.7 Å². The van der Waals surface area contributed by atoms with Crippen LogP contribution in [0.3, 0.4) is 0 Å². The predicted molar refractivity (Wildman–Crippen MR) is 73.2 cm³/mol. The van der Waals surface area contributed by atoms with E-state index >= 15 is 0 Å². The molecule has 1 unspecified atom stereocenters. The Morgan fingerprint density at radius 3 is 2.11 bits per heavy atom. The van der Waals surface area contributed by atoms with Gasteiger partial charge in [0.1, 0.15) is 18.5 Å². The van der Waals surface area contributed by atoms with E-state index in [-0.39, 0.29) is 12.7 Å². The zero-order valence-electron chi connectivity index (χ0n) is 12.0. The molecule has 1 rings (SSSR count). The second kappa shape index (κ2) is 6.76. The van der Waals surface area contributed by atoms with Crippen LogP contribution in [0.15, 0.2) is 12.1 Å². The molecule has 1 aromatic carbocycles. The van der Waals surface area contributed by atoms with Crippen LogP contribution >= 0.6 is 0 Å². The van der Waals surface area contributed by atoms with Crippen molar-refractivity contribution >= 4 is 0 Å². The standard InChI is InChI=1S/C15H24O3/c1-10(2)17-8-14(16)9-18-15-12(4)6-11(3)7-13(15)5/h6-7,10,14,16H,8-9H2,1-5H3. The molecule has 0 spiro atoms. The quantitative estimate of drug-likeness (QED) is 0.846. The van der Waals surface area contributed by atoms with E-state index in [0.717, 1.165) is 16.9 Å². The van der Waals surface area contributed by atoms with Crippen LogP contribution in [-0.2, 0) is 4.74 Å². The highest BCUT2D eigenvalue weighted by Crippen LogP contribution is 2.24. The molecule has 0 aromatic heterocycles. The molecular weight excluding hydrogens is 228 g/mol. The summed E-state index contributed by atoms with van der Waals surface area (Å²) in [6.07, 6.45) is -0.463. The van der Waals surface area contributed by atoms with Gasteiger partial charge in [0, 0.05) is 0 Å². The van der Waals surface area contributed by atoms with E-state index in [9.17, 15) is 5.11 Å². The van der Waals surface area contributed by atoms with Gasteiger partial charge in [-0.1, -0.05) is 17.7 Å². The maximum absolute atomic E-state index is 9.75. The Kier molecular flexibility index (Phi) is 5.63. The van der Waals surface area contributed by atoms with Crippen molar-refractivity contribution in [3.8, 4) is 5.75 Å². The zero-order chi connectivity index (χ0) is 13.7. The molecule has 3 heteroatoms. The minimum absolute atomic E-state index is 0.127. The molecule has 0 fully saturated rings. The molecule has 0 heterocycles. The number of hydrogen-bond donors (Lipinski definition) is 1. The Morgan fingerprint density at radius 2 is 1.61 bits per heavy atom. The van der Waals surface area contributed by atoms with Crippen LogP contribution in [0.2, 0.25) is 0 Å². The van der Waals surface area contributed by atoms with Crippen molar-refractivity contribution in [2.75, 3.05) is 13.2 Å². The molecule has 3 nitrogen and oxygen atoms in total. The second-order valence-electron chi connectivity index (χ2n) is 5.07.